The molecule has 114 valence electrons. The summed E-state index contributed by atoms with van der Waals surface area (Å²) < 4.78 is 6.42. The zero-order valence-electron chi connectivity index (χ0n) is 12.4. The number of nitrogens with zero attached hydrogens (tertiary/aromatic N) is 1. The molecule has 2 aromatic rings. The Morgan fingerprint density at radius 2 is 1.77 bits per heavy atom. The number of methoxy groups -OCH3 is 1. The van der Waals surface area contributed by atoms with Gasteiger partial charge in [-0.3, -0.25) is 4.79 Å². The molecule has 0 aliphatic heterocycles. The Labute approximate surface area is 143 Å². The number of amides is 1. The Hall–Kier alpha value is -1.73. The van der Waals surface area contributed by atoms with Gasteiger partial charge in [0, 0.05) is 10.7 Å². The highest BCUT2D eigenvalue weighted by Gasteiger charge is 2.19. The van der Waals surface area contributed by atoms with Crippen LogP contribution in [0.1, 0.15) is 24.2 Å². The highest BCUT2D eigenvalue weighted by atomic mass is 127. The van der Waals surface area contributed by atoms with Crippen molar-refractivity contribution in [3.63, 3.8) is 0 Å². The minimum atomic E-state index is -0.672. The van der Waals surface area contributed by atoms with Gasteiger partial charge in [0.05, 0.1) is 5.71 Å². The normalized spacial score (nSPS) is 12.8. The van der Waals surface area contributed by atoms with Gasteiger partial charge >= 0.3 is 0 Å². The molecule has 0 aliphatic rings. The average Bonchev–Trinajstić information content (AvgIpc) is 2.55. The molecule has 2 aromatic carbocycles. The summed E-state index contributed by atoms with van der Waals surface area (Å²) in [5.41, 5.74) is 5.07. The number of carbonyl (C=O) groups is 1. The van der Waals surface area contributed by atoms with E-state index in [0.717, 1.165) is 20.4 Å². The number of halogens is 1. The fraction of sp³-hybridized carbons (Fsp3) is 0.176. The van der Waals surface area contributed by atoms with E-state index in [1.165, 1.54) is 7.11 Å². The number of ether oxygens (including phenoxy) is 1. The summed E-state index contributed by atoms with van der Waals surface area (Å²) in [7, 11) is 1.51. The highest BCUT2D eigenvalue weighted by molar-refractivity contribution is 14.1. The monoisotopic (exact) mass is 408 g/mol. The third-order valence-corrected chi connectivity index (χ3v) is 3.89. The molecule has 0 aliphatic carbocycles. The second kappa shape index (κ2) is 8.05. The quantitative estimate of drug-likeness (QED) is 0.468. The van der Waals surface area contributed by atoms with Crippen molar-refractivity contribution in [1.82, 2.24) is 5.43 Å². The van der Waals surface area contributed by atoms with Gasteiger partial charge in [0.25, 0.3) is 5.91 Å². The molecule has 22 heavy (non-hydrogen) atoms. The van der Waals surface area contributed by atoms with Gasteiger partial charge in [0.2, 0.25) is 0 Å². The van der Waals surface area contributed by atoms with E-state index >= 15 is 0 Å². The topological polar surface area (TPSA) is 50.7 Å². The first-order valence-corrected chi connectivity index (χ1v) is 7.87. The first-order valence-electron chi connectivity index (χ1n) is 6.79. The second-order valence-electron chi connectivity index (χ2n) is 4.71. The van der Waals surface area contributed by atoms with Gasteiger partial charge in [0.15, 0.2) is 6.10 Å². The van der Waals surface area contributed by atoms with Gasteiger partial charge in [-0.05, 0) is 52.8 Å². The number of hydrogen-bond donors (Lipinski definition) is 1. The summed E-state index contributed by atoms with van der Waals surface area (Å²) in [4.78, 5) is 12.2. The van der Waals surface area contributed by atoms with E-state index in [1.54, 1.807) is 0 Å². The summed E-state index contributed by atoms with van der Waals surface area (Å²) in [6, 6.07) is 17.3. The van der Waals surface area contributed by atoms with E-state index in [1.807, 2.05) is 61.5 Å². The Morgan fingerprint density at radius 1 is 1.14 bits per heavy atom. The van der Waals surface area contributed by atoms with Crippen molar-refractivity contribution in [1.29, 1.82) is 0 Å². The maximum absolute atomic E-state index is 12.2. The number of carbonyl (C=O) groups excluding carboxylic acids is 1. The van der Waals surface area contributed by atoms with Gasteiger partial charge in [-0.25, -0.2) is 5.43 Å². The number of hydrogen-bond acceptors (Lipinski definition) is 3. The Kier molecular flexibility index (Phi) is 6.09. The lowest BCUT2D eigenvalue weighted by Gasteiger charge is -2.14. The SMILES string of the molecule is CO[C@H](C(=O)N/N=C(/C)c1ccc(I)cc1)c1ccccc1. The average molecular weight is 408 g/mol. The van der Waals surface area contributed by atoms with Crippen LogP contribution in [-0.2, 0) is 9.53 Å². The second-order valence-corrected chi connectivity index (χ2v) is 5.95. The number of benzene rings is 2. The van der Waals surface area contributed by atoms with Crippen molar-refractivity contribution in [3.8, 4) is 0 Å². The first kappa shape index (κ1) is 16.6. The molecule has 0 aromatic heterocycles. The van der Waals surface area contributed by atoms with E-state index in [2.05, 4.69) is 33.1 Å². The third-order valence-electron chi connectivity index (χ3n) is 3.17. The fourth-order valence-corrected chi connectivity index (χ4v) is 2.34. The largest absolute Gasteiger partial charge is 0.367 e. The lowest BCUT2D eigenvalue weighted by molar-refractivity contribution is -0.131. The van der Waals surface area contributed by atoms with Crippen LogP contribution < -0.4 is 5.43 Å². The van der Waals surface area contributed by atoms with Crippen LogP contribution in [0.2, 0.25) is 0 Å². The summed E-state index contributed by atoms with van der Waals surface area (Å²) in [6.07, 6.45) is -0.672. The zero-order chi connectivity index (χ0) is 15.9. The molecule has 0 saturated heterocycles. The summed E-state index contributed by atoms with van der Waals surface area (Å²) in [5.74, 6) is -0.293. The Balaban J connectivity index is 2.07. The van der Waals surface area contributed by atoms with Crippen LogP contribution in [0.15, 0.2) is 59.7 Å². The van der Waals surface area contributed by atoms with E-state index in [4.69, 9.17) is 4.74 Å². The number of nitrogens with one attached hydrogen (secondary N) is 1. The van der Waals surface area contributed by atoms with E-state index in [0.29, 0.717) is 0 Å². The molecule has 5 heteroatoms. The van der Waals surface area contributed by atoms with Crippen molar-refractivity contribution in [3.05, 3.63) is 69.3 Å². The van der Waals surface area contributed by atoms with E-state index in [9.17, 15) is 4.79 Å². The molecule has 1 N–H and O–H groups in total. The van der Waals surface area contributed by atoms with Crippen molar-refractivity contribution in [2.45, 2.75) is 13.0 Å². The fourth-order valence-electron chi connectivity index (χ4n) is 1.98. The van der Waals surface area contributed by atoms with Gasteiger partial charge < -0.3 is 4.74 Å². The van der Waals surface area contributed by atoms with Crippen molar-refractivity contribution in [2.24, 2.45) is 5.10 Å². The number of hydrazone groups is 1. The molecule has 0 radical (unpaired) electrons. The van der Waals surface area contributed by atoms with Gasteiger partial charge in [-0.2, -0.15) is 5.10 Å². The molecule has 0 spiro atoms. The minimum absolute atomic E-state index is 0.293. The summed E-state index contributed by atoms with van der Waals surface area (Å²) in [5, 5.41) is 4.15. The molecule has 0 heterocycles. The summed E-state index contributed by atoms with van der Waals surface area (Å²) in [6.45, 7) is 1.85. The van der Waals surface area contributed by atoms with Crippen LogP contribution in [0.4, 0.5) is 0 Å². The maximum Gasteiger partial charge on any atom is 0.273 e. The van der Waals surface area contributed by atoms with Crippen LogP contribution in [0.3, 0.4) is 0 Å². The van der Waals surface area contributed by atoms with Crippen molar-refractivity contribution in [2.75, 3.05) is 7.11 Å². The smallest absolute Gasteiger partial charge is 0.273 e. The molecule has 0 fully saturated rings. The minimum Gasteiger partial charge on any atom is -0.367 e. The van der Waals surface area contributed by atoms with Crippen LogP contribution in [-0.4, -0.2) is 18.7 Å². The van der Waals surface area contributed by atoms with E-state index < -0.39 is 6.10 Å². The lowest BCUT2D eigenvalue weighted by Crippen LogP contribution is -2.27. The Bertz CT molecular complexity index is 654. The molecule has 1 amide bonds. The van der Waals surface area contributed by atoms with Gasteiger partial charge in [-0.1, -0.05) is 42.5 Å². The standard InChI is InChI=1S/C17H17IN2O2/c1-12(13-8-10-15(18)11-9-13)19-20-17(21)16(22-2)14-6-4-3-5-7-14/h3-11,16H,1-2H3,(H,20,21)/b19-12-/t16-/m0/s1. The van der Waals surface area contributed by atoms with Crippen LogP contribution >= 0.6 is 22.6 Å². The van der Waals surface area contributed by atoms with Crippen molar-refractivity contribution < 1.29 is 9.53 Å². The predicted molar refractivity (Wildman–Crippen MR) is 95.7 cm³/mol. The maximum atomic E-state index is 12.2. The highest BCUT2D eigenvalue weighted by Crippen LogP contribution is 2.16. The van der Waals surface area contributed by atoms with E-state index in [-0.39, 0.29) is 5.91 Å². The number of rotatable bonds is 5. The van der Waals surface area contributed by atoms with Crippen LogP contribution in [0, 0.1) is 3.57 Å². The molecule has 0 saturated carbocycles. The molecule has 2 rings (SSSR count). The van der Waals surface area contributed by atoms with Crippen LogP contribution in [0.25, 0.3) is 0 Å². The first-order chi connectivity index (χ1) is 10.6. The molecular formula is C17H17IN2O2. The van der Waals surface area contributed by atoms with Gasteiger partial charge in [-0.15, -0.1) is 0 Å². The molecule has 0 bridgehead atoms. The molecule has 4 nitrogen and oxygen atoms in total. The van der Waals surface area contributed by atoms with Crippen LogP contribution in [0.5, 0.6) is 0 Å². The predicted octanol–water partition coefficient (Wildman–Crippen LogP) is 3.52. The molecule has 0 unspecified atom stereocenters. The third kappa shape index (κ3) is 4.38. The molecular weight excluding hydrogens is 391 g/mol. The summed E-state index contributed by atoms with van der Waals surface area (Å²) >= 11 is 2.25. The Morgan fingerprint density at radius 3 is 2.36 bits per heavy atom. The molecule has 1 atom stereocenters. The lowest BCUT2D eigenvalue weighted by atomic mass is 10.1. The van der Waals surface area contributed by atoms with Gasteiger partial charge in [0.1, 0.15) is 0 Å². The zero-order valence-corrected chi connectivity index (χ0v) is 14.6. The van der Waals surface area contributed by atoms with Crippen molar-refractivity contribution >= 4 is 34.2 Å².